The minimum Gasteiger partial charge on any atom is -0.485 e. The molecule has 7 heteroatoms. The highest BCUT2D eigenvalue weighted by atomic mass is 16.5. The lowest BCUT2D eigenvalue weighted by Crippen LogP contribution is -2.38. The molecule has 0 aliphatic carbocycles. The predicted molar refractivity (Wildman–Crippen MR) is 114 cm³/mol. The van der Waals surface area contributed by atoms with E-state index < -0.39 is 0 Å². The second-order valence-electron chi connectivity index (χ2n) is 6.90. The van der Waals surface area contributed by atoms with E-state index in [2.05, 4.69) is 46.3 Å². The summed E-state index contributed by atoms with van der Waals surface area (Å²) in [5, 5.41) is 6.86. The van der Waals surface area contributed by atoms with Crippen LogP contribution >= 0.6 is 0 Å². The van der Waals surface area contributed by atoms with E-state index in [0.29, 0.717) is 29.6 Å². The molecule has 0 spiro atoms. The molecule has 1 unspecified atom stereocenters. The van der Waals surface area contributed by atoms with Gasteiger partial charge in [0.15, 0.2) is 6.61 Å². The smallest absolute Gasteiger partial charge is 0.251 e. The summed E-state index contributed by atoms with van der Waals surface area (Å²) in [6.07, 6.45) is 0. The average Bonchev–Trinajstić information content (AvgIpc) is 3.21. The zero-order chi connectivity index (χ0) is 21.3. The van der Waals surface area contributed by atoms with E-state index in [-0.39, 0.29) is 18.6 Å². The number of aromatic nitrogens is 2. The lowest BCUT2D eigenvalue weighted by Gasteiger charge is -2.30. The molecule has 1 atom stereocenters. The summed E-state index contributed by atoms with van der Waals surface area (Å²) in [6, 6.07) is 17.4. The predicted octanol–water partition coefficient (Wildman–Crippen LogP) is 3.77. The van der Waals surface area contributed by atoms with Crippen LogP contribution in [0.4, 0.5) is 0 Å². The molecule has 0 aliphatic heterocycles. The third-order valence-corrected chi connectivity index (χ3v) is 4.95. The zero-order valence-electron chi connectivity index (χ0n) is 17.7. The van der Waals surface area contributed by atoms with Gasteiger partial charge in [0, 0.05) is 19.0 Å². The van der Waals surface area contributed by atoms with Crippen LogP contribution in [0.25, 0.3) is 0 Å². The maximum atomic E-state index is 12.7. The Labute approximate surface area is 177 Å². The molecule has 0 saturated heterocycles. The van der Waals surface area contributed by atoms with Crippen LogP contribution < -0.4 is 10.1 Å². The molecule has 0 bridgehead atoms. The van der Waals surface area contributed by atoms with Gasteiger partial charge in [0.05, 0.1) is 6.04 Å². The first-order chi connectivity index (χ1) is 14.6. The summed E-state index contributed by atoms with van der Waals surface area (Å²) in [6.45, 7) is 8.58. The number of carbonyl (C=O) groups is 1. The number of rotatable bonds is 10. The maximum Gasteiger partial charge on any atom is 0.251 e. The molecule has 0 saturated carbocycles. The first-order valence-electron chi connectivity index (χ1n) is 10.2. The lowest BCUT2D eigenvalue weighted by atomic mass is 10.0. The molecular weight excluding hydrogens is 380 g/mol. The van der Waals surface area contributed by atoms with Gasteiger partial charge in [0.25, 0.3) is 5.91 Å². The fraction of sp³-hybridized carbons (Fsp3) is 0.348. The van der Waals surface area contributed by atoms with Crippen molar-refractivity contribution < 1.29 is 14.1 Å². The Hall–Kier alpha value is -3.19. The third kappa shape index (κ3) is 5.67. The van der Waals surface area contributed by atoms with Crippen LogP contribution in [0.3, 0.4) is 0 Å². The van der Waals surface area contributed by atoms with Crippen LogP contribution in [0, 0.1) is 6.92 Å². The summed E-state index contributed by atoms with van der Waals surface area (Å²) < 4.78 is 10.6. The number of carbonyl (C=O) groups excluding carboxylic acids is 1. The SMILES string of the molecule is CCN(CC)C(CNC(=O)c1ccc(OCc2noc(C)n2)cc1)c1ccccc1. The van der Waals surface area contributed by atoms with Crippen molar-refractivity contribution in [1.82, 2.24) is 20.4 Å². The molecule has 2 aromatic carbocycles. The zero-order valence-corrected chi connectivity index (χ0v) is 17.7. The van der Waals surface area contributed by atoms with Crippen molar-refractivity contribution in [2.75, 3.05) is 19.6 Å². The largest absolute Gasteiger partial charge is 0.485 e. The molecule has 3 aromatic rings. The fourth-order valence-electron chi connectivity index (χ4n) is 3.34. The number of hydrogen-bond acceptors (Lipinski definition) is 6. The Balaban J connectivity index is 1.58. The number of aryl methyl sites for hydroxylation is 1. The van der Waals surface area contributed by atoms with E-state index in [1.165, 1.54) is 5.56 Å². The van der Waals surface area contributed by atoms with E-state index in [0.717, 1.165) is 13.1 Å². The van der Waals surface area contributed by atoms with Gasteiger partial charge in [0.2, 0.25) is 11.7 Å². The van der Waals surface area contributed by atoms with Crippen molar-refractivity contribution in [3.05, 3.63) is 77.4 Å². The summed E-state index contributed by atoms with van der Waals surface area (Å²) in [7, 11) is 0. The molecule has 30 heavy (non-hydrogen) atoms. The molecule has 1 heterocycles. The molecule has 1 aromatic heterocycles. The molecule has 0 radical (unpaired) electrons. The van der Waals surface area contributed by atoms with Crippen molar-refractivity contribution in [3.8, 4) is 5.75 Å². The average molecular weight is 409 g/mol. The van der Waals surface area contributed by atoms with Gasteiger partial charge in [-0.05, 0) is 42.9 Å². The van der Waals surface area contributed by atoms with Gasteiger partial charge < -0.3 is 14.6 Å². The Morgan fingerprint density at radius 1 is 1.10 bits per heavy atom. The van der Waals surface area contributed by atoms with Crippen molar-refractivity contribution in [2.24, 2.45) is 0 Å². The van der Waals surface area contributed by atoms with E-state index >= 15 is 0 Å². The van der Waals surface area contributed by atoms with E-state index in [1.807, 2.05) is 18.2 Å². The number of likely N-dealkylation sites (N-methyl/N-ethyl adjacent to an activating group) is 1. The highest BCUT2D eigenvalue weighted by Crippen LogP contribution is 2.20. The van der Waals surface area contributed by atoms with Gasteiger partial charge in [0.1, 0.15) is 5.75 Å². The number of amides is 1. The van der Waals surface area contributed by atoms with E-state index in [9.17, 15) is 4.79 Å². The first-order valence-corrected chi connectivity index (χ1v) is 10.2. The number of nitrogens with one attached hydrogen (secondary N) is 1. The Morgan fingerprint density at radius 2 is 1.80 bits per heavy atom. The summed E-state index contributed by atoms with van der Waals surface area (Å²) >= 11 is 0. The van der Waals surface area contributed by atoms with Crippen LogP contribution in [-0.4, -0.2) is 40.6 Å². The molecular formula is C23H28N4O3. The highest BCUT2D eigenvalue weighted by Gasteiger charge is 2.19. The molecule has 0 aliphatic rings. The van der Waals surface area contributed by atoms with Crippen molar-refractivity contribution in [1.29, 1.82) is 0 Å². The number of ether oxygens (including phenoxy) is 1. The van der Waals surface area contributed by atoms with Gasteiger partial charge >= 0.3 is 0 Å². The van der Waals surface area contributed by atoms with Gasteiger partial charge in [-0.1, -0.05) is 49.3 Å². The Kier molecular flexibility index (Phi) is 7.57. The Morgan fingerprint density at radius 3 is 2.40 bits per heavy atom. The van der Waals surface area contributed by atoms with Crippen LogP contribution in [0.5, 0.6) is 5.75 Å². The summed E-state index contributed by atoms with van der Waals surface area (Å²) in [5.74, 6) is 1.51. The van der Waals surface area contributed by atoms with Gasteiger partial charge in [-0.15, -0.1) is 0 Å². The van der Waals surface area contributed by atoms with Crippen LogP contribution in [0.2, 0.25) is 0 Å². The fourth-order valence-corrected chi connectivity index (χ4v) is 3.34. The van der Waals surface area contributed by atoms with Crippen molar-refractivity contribution in [3.63, 3.8) is 0 Å². The molecule has 7 nitrogen and oxygen atoms in total. The summed E-state index contributed by atoms with van der Waals surface area (Å²) in [4.78, 5) is 19.1. The van der Waals surface area contributed by atoms with Gasteiger partial charge in [-0.2, -0.15) is 4.98 Å². The normalized spacial score (nSPS) is 12.0. The monoisotopic (exact) mass is 408 g/mol. The number of nitrogens with zero attached hydrogens (tertiary/aromatic N) is 3. The van der Waals surface area contributed by atoms with Gasteiger partial charge in [-0.3, -0.25) is 9.69 Å². The summed E-state index contributed by atoms with van der Waals surface area (Å²) in [5.41, 5.74) is 1.78. The Bertz CT molecular complexity index is 921. The standard InChI is InChI=1S/C23H28N4O3/c1-4-27(5-2)21(18-9-7-6-8-10-18)15-24-23(28)19-11-13-20(14-12-19)29-16-22-25-17(3)30-26-22/h6-14,21H,4-5,15-16H2,1-3H3,(H,24,28). The van der Waals surface area contributed by atoms with Crippen LogP contribution in [-0.2, 0) is 6.61 Å². The maximum absolute atomic E-state index is 12.7. The minimum absolute atomic E-state index is 0.108. The molecule has 158 valence electrons. The second-order valence-corrected chi connectivity index (χ2v) is 6.90. The van der Waals surface area contributed by atoms with Crippen LogP contribution in [0.1, 0.15) is 47.5 Å². The van der Waals surface area contributed by atoms with Gasteiger partial charge in [-0.25, -0.2) is 0 Å². The van der Waals surface area contributed by atoms with E-state index in [1.54, 1.807) is 31.2 Å². The quantitative estimate of drug-likeness (QED) is 0.550. The molecule has 0 fully saturated rings. The van der Waals surface area contributed by atoms with E-state index in [4.69, 9.17) is 9.26 Å². The highest BCUT2D eigenvalue weighted by molar-refractivity contribution is 5.94. The lowest BCUT2D eigenvalue weighted by molar-refractivity contribution is 0.0935. The van der Waals surface area contributed by atoms with Crippen molar-refractivity contribution >= 4 is 5.91 Å². The van der Waals surface area contributed by atoms with Crippen LogP contribution in [0.15, 0.2) is 59.1 Å². The minimum atomic E-state index is -0.108. The topological polar surface area (TPSA) is 80.5 Å². The second kappa shape index (κ2) is 10.5. The molecule has 1 N–H and O–H groups in total. The number of hydrogen-bond donors (Lipinski definition) is 1. The molecule has 1 amide bonds. The first kappa shape index (κ1) is 21.5. The van der Waals surface area contributed by atoms with Crippen molar-refractivity contribution in [2.45, 2.75) is 33.4 Å². The number of benzene rings is 2. The molecule has 3 rings (SSSR count). The third-order valence-electron chi connectivity index (χ3n) is 4.95.